The first-order chi connectivity index (χ1) is 5.29. The van der Waals surface area contributed by atoms with Crippen LogP contribution in [0.5, 0.6) is 5.75 Å². The summed E-state index contributed by atoms with van der Waals surface area (Å²) in [7, 11) is 0. The van der Waals surface area contributed by atoms with Crippen molar-refractivity contribution in [1.82, 2.24) is 0 Å². The molecule has 0 bridgehead atoms. The highest BCUT2D eigenvalue weighted by molar-refractivity contribution is 5.25. The summed E-state index contributed by atoms with van der Waals surface area (Å²) in [6.45, 7) is 1.94. The maximum atomic E-state index is 8.81. The Labute approximate surface area is 67.7 Å². The average molecular weight is 150 g/mol. The number of hydrogen-bond donors (Lipinski definition) is 1. The molecule has 0 amide bonds. The van der Waals surface area contributed by atoms with E-state index >= 15 is 0 Å². The van der Waals surface area contributed by atoms with E-state index in [9.17, 15) is 0 Å². The number of aryl methyl sites for hydroxylation is 1. The molecule has 0 radical (unpaired) electrons. The summed E-state index contributed by atoms with van der Waals surface area (Å²) in [4.78, 5) is 0. The second kappa shape index (κ2) is 4.02. The highest BCUT2D eigenvalue weighted by Gasteiger charge is 1.95. The Morgan fingerprint density at radius 1 is 1.18 bits per heavy atom. The zero-order valence-corrected chi connectivity index (χ0v) is 6.88. The van der Waals surface area contributed by atoms with E-state index in [0.29, 0.717) is 5.75 Å². The fourth-order valence-corrected chi connectivity index (χ4v) is 0.628. The van der Waals surface area contributed by atoms with Gasteiger partial charge in [-0.25, -0.2) is 0 Å². The molecule has 1 aromatic carbocycles. The van der Waals surface area contributed by atoms with Crippen LogP contribution in [0.3, 0.4) is 0 Å². The van der Waals surface area contributed by atoms with Gasteiger partial charge in [0.05, 0.1) is 0 Å². The number of benzene rings is 1. The molecule has 0 atom stereocenters. The maximum Gasteiger partial charge on any atom is 0.115 e. The SMILES string of the molecule is C1CC1.Cc1cccc(O)c1. The van der Waals surface area contributed by atoms with Crippen molar-refractivity contribution in [2.75, 3.05) is 0 Å². The van der Waals surface area contributed by atoms with Gasteiger partial charge in [-0.1, -0.05) is 31.4 Å². The molecular formula is C10H14O. The highest BCUT2D eigenvalue weighted by atomic mass is 16.3. The number of phenols is 1. The van der Waals surface area contributed by atoms with Gasteiger partial charge in [0.2, 0.25) is 0 Å². The molecule has 1 N–H and O–H groups in total. The highest BCUT2D eigenvalue weighted by Crippen LogP contribution is 2.14. The standard InChI is InChI=1S/C7H8O.C3H6/c1-6-3-2-4-7(8)5-6;1-2-3-1/h2-5,8H,1H3;1-3H2. The van der Waals surface area contributed by atoms with Crippen LogP contribution in [0.4, 0.5) is 0 Å². The number of rotatable bonds is 0. The van der Waals surface area contributed by atoms with Crippen molar-refractivity contribution in [2.24, 2.45) is 0 Å². The molecule has 0 heterocycles. The van der Waals surface area contributed by atoms with Crippen LogP contribution in [0.2, 0.25) is 0 Å². The molecular weight excluding hydrogens is 136 g/mol. The summed E-state index contributed by atoms with van der Waals surface area (Å²) in [6.07, 6.45) is 4.50. The molecule has 1 heteroatoms. The third-order valence-corrected chi connectivity index (χ3v) is 1.36. The Morgan fingerprint density at radius 2 is 1.82 bits per heavy atom. The van der Waals surface area contributed by atoms with E-state index in [1.165, 1.54) is 19.3 Å². The molecule has 0 saturated heterocycles. The molecule has 0 spiro atoms. The van der Waals surface area contributed by atoms with Crippen molar-refractivity contribution in [1.29, 1.82) is 0 Å². The van der Waals surface area contributed by atoms with Crippen LogP contribution in [-0.2, 0) is 0 Å². The summed E-state index contributed by atoms with van der Waals surface area (Å²) in [5.74, 6) is 0.338. The molecule has 1 aliphatic carbocycles. The minimum absolute atomic E-state index is 0.338. The number of phenolic OH excluding ortho intramolecular Hbond substituents is 1. The predicted molar refractivity (Wildman–Crippen MR) is 46.7 cm³/mol. The van der Waals surface area contributed by atoms with Gasteiger partial charge in [0.25, 0.3) is 0 Å². The van der Waals surface area contributed by atoms with Crippen molar-refractivity contribution >= 4 is 0 Å². The Kier molecular flexibility index (Phi) is 2.96. The second-order valence-corrected chi connectivity index (χ2v) is 2.90. The Balaban J connectivity index is 0.000000167. The van der Waals surface area contributed by atoms with Crippen LogP contribution in [0.15, 0.2) is 24.3 Å². The van der Waals surface area contributed by atoms with E-state index in [4.69, 9.17) is 5.11 Å². The first-order valence-electron chi connectivity index (χ1n) is 4.04. The molecule has 11 heavy (non-hydrogen) atoms. The molecule has 0 unspecified atom stereocenters. The van der Waals surface area contributed by atoms with Gasteiger partial charge in [-0.3, -0.25) is 0 Å². The average Bonchev–Trinajstić information content (AvgIpc) is 2.69. The lowest BCUT2D eigenvalue weighted by atomic mass is 10.2. The topological polar surface area (TPSA) is 20.2 Å². The van der Waals surface area contributed by atoms with Crippen molar-refractivity contribution in [3.63, 3.8) is 0 Å². The minimum Gasteiger partial charge on any atom is -0.508 e. The lowest BCUT2D eigenvalue weighted by molar-refractivity contribution is 0.475. The van der Waals surface area contributed by atoms with E-state index in [2.05, 4.69) is 0 Å². The van der Waals surface area contributed by atoms with E-state index in [-0.39, 0.29) is 0 Å². The quantitative estimate of drug-likeness (QED) is 0.603. The van der Waals surface area contributed by atoms with Gasteiger partial charge in [-0.15, -0.1) is 0 Å². The van der Waals surface area contributed by atoms with E-state index in [0.717, 1.165) is 5.56 Å². The molecule has 1 fully saturated rings. The minimum atomic E-state index is 0.338. The third kappa shape index (κ3) is 4.43. The molecule has 1 aromatic rings. The number of aromatic hydroxyl groups is 1. The normalized spacial score (nSPS) is 13.2. The van der Waals surface area contributed by atoms with Crippen LogP contribution >= 0.6 is 0 Å². The smallest absolute Gasteiger partial charge is 0.115 e. The van der Waals surface area contributed by atoms with Gasteiger partial charge >= 0.3 is 0 Å². The van der Waals surface area contributed by atoms with Gasteiger partial charge in [0.1, 0.15) is 5.75 Å². The summed E-state index contributed by atoms with van der Waals surface area (Å²) < 4.78 is 0. The molecule has 1 nitrogen and oxygen atoms in total. The van der Waals surface area contributed by atoms with Crippen LogP contribution in [0.25, 0.3) is 0 Å². The van der Waals surface area contributed by atoms with E-state index in [1.807, 2.05) is 19.1 Å². The first kappa shape index (κ1) is 8.12. The first-order valence-corrected chi connectivity index (χ1v) is 4.04. The predicted octanol–water partition coefficient (Wildman–Crippen LogP) is 2.87. The molecule has 2 rings (SSSR count). The lowest BCUT2D eigenvalue weighted by Gasteiger charge is -1.89. The van der Waals surface area contributed by atoms with Crippen LogP contribution in [0.1, 0.15) is 24.8 Å². The fraction of sp³-hybridized carbons (Fsp3) is 0.400. The summed E-state index contributed by atoms with van der Waals surface area (Å²) in [5.41, 5.74) is 1.09. The van der Waals surface area contributed by atoms with Crippen molar-refractivity contribution in [3.05, 3.63) is 29.8 Å². The lowest BCUT2D eigenvalue weighted by Crippen LogP contribution is -1.66. The molecule has 60 valence electrons. The van der Waals surface area contributed by atoms with Crippen LogP contribution < -0.4 is 0 Å². The fourth-order valence-electron chi connectivity index (χ4n) is 0.628. The van der Waals surface area contributed by atoms with E-state index in [1.54, 1.807) is 12.1 Å². The van der Waals surface area contributed by atoms with Gasteiger partial charge in [-0.05, 0) is 24.6 Å². The summed E-state index contributed by atoms with van der Waals surface area (Å²) >= 11 is 0. The van der Waals surface area contributed by atoms with Gasteiger partial charge in [0, 0.05) is 0 Å². The third-order valence-electron chi connectivity index (χ3n) is 1.36. The van der Waals surface area contributed by atoms with Crippen LogP contribution in [0, 0.1) is 6.92 Å². The summed E-state index contributed by atoms with van der Waals surface area (Å²) in [5, 5.41) is 8.81. The second-order valence-electron chi connectivity index (χ2n) is 2.90. The molecule has 0 aliphatic heterocycles. The maximum absolute atomic E-state index is 8.81. The largest absolute Gasteiger partial charge is 0.508 e. The van der Waals surface area contributed by atoms with Crippen LogP contribution in [-0.4, -0.2) is 5.11 Å². The van der Waals surface area contributed by atoms with Gasteiger partial charge in [0.15, 0.2) is 0 Å². The molecule has 1 aliphatic rings. The molecule has 0 aromatic heterocycles. The monoisotopic (exact) mass is 150 g/mol. The Morgan fingerprint density at radius 3 is 2.09 bits per heavy atom. The Bertz CT molecular complexity index is 196. The Hall–Kier alpha value is -0.980. The molecule has 1 saturated carbocycles. The van der Waals surface area contributed by atoms with Crippen molar-refractivity contribution < 1.29 is 5.11 Å². The zero-order valence-electron chi connectivity index (χ0n) is 6.88. The van der Waals surface area contributed by atoms with Crippen molar-refractivity contribution in [2.45, 2.75) is 26.2 Å². The summed E-state index contributed by atoms with van der Waals surface area (Å²) in [6, 6.07) is 7.15. The van der Waals surface area contributed by atoms with E-state index < -0.39 is 0 Å². The zero-order chi connectivity index (χ0) is 8.10. The number of hydrogen-bond acceptors (Lipinski definition) is 1. The van der Waals surface area contributed by atoms with Crippen molar-refractivity contribution in [3.8, 4) is 5.75 Å². The van der Waals surface area contributed by atoms with Gasteiger partial charge < -0.3 is 5.11 Å². The van der Waals surface area contributed by atoms with Gasteiger partial charge in [-0.2, -0.15) is 0 Å².